The van der Waals surface area contributed by atoms with Crippen LogP contribution in [0.15, 0.2) is 53.4 Å². The van der Waals surface area contributed by atoms with Crippen LogP contribution >= 0.6 is 0 Å². The minimum absolute atomic E-state index is 0.278. The Hall–Kier alpha value is -1.79. The van der Waals surface area contributed by atoms with Gasteiger partial charge in [0.25, 0.3) is 0 Å². The second-order valence-electron chi connectivity index (χ2n) is 4.76. The lowest BCUT2D eigenvalue weighted by atomic mass is 10.1. The molecule has 2 rings (SSSR count). The highest BCUT2D eigenvalue weighted by Crippen LogP contribution is 2.26. The van der Waals surface area contributed by atoms with Crippen LogP contribution in [-0.4, -0.2) is 13.7 Å². The van der Waals surface area contributed by atoms with Crippen molar-refractivity contribution in [2.75, 3.05) is 0 Å². The Morgan fingerprint density at radius 3 is 2.19 bits per heavy atom. The zero-order chi connectivity index (χ0) is 15.6. The molecule has 2 aromatic rings. The van der Waals surface area contributed by atoms with Gasteiger partial charge < -0.3 is 5.73 Å². The molecule has 6 heteroatoms. The van der Waals surface area contributed by atoms with Crippen molar-refractivity contribution in [2.24, 2.45) is 5.73 Å². The number of hydrogen-bond donors (Lipinski definition) is 1. The summed E-state index contributed by atoms with van der Waals surface area (Å²) in [7, 11) is -3.86. The summed E-state index contributed by atoms with van der Waals surface area (Å²) in [5.74, 6) is -2.29. The molecule has 0 aliphatic carbocycles. The molecule has 0 amide bonds. The molecule has 0 fully saturated rings. The van der Waals surface area contributed by atoms with Crippen LogP contribution in [0.3, 0.4) is 0 Å². The Morgan fingerprint density at radius 2 is 1.62 bits per heavy atom. The third-order valence-corrected chi connectivity index (χ3v) is 5.58. The monoisotopic (exact) mass is 311 g/mol. The third kappa shape index (κ3) is 3.11. The number of nitrogens with two attached hydrogens (primary N) is 1. The molecule has 0 radical (unpaired) electrons. The first-order chi connectivity index (χ1) is 9.84. The van der Waals surface area contributed by atoms with Gasteiger partial charge >= 0.3 is 0 Å². The standard InChI is InChI=1S/C15H15F2NO2S/c1-10(15(18)11-5-3-2-4-6-11)21(19,20)12-7-8-13(16)14(17)9-12/h2-10,15H,18H2,1H3. The molecule has 0 aliphatic heterocycles. The Bertz CT molecular complexity index is 733. The fraction of sp³-hybridized carbons (Fsp3) is 0.200. The van der Waals surface area contributed by atoms with Crippen molar-refractivity contribution in [3.8, 4) is 0 Å². The number of hydrogen-bond acceptors (Lipinski definition) is 3. The van der Waals surface area contributed by atoms with Crippen molar-refractivity contribution < 1.29 is 17.2 Å². The first kappa shape index (κ1) is 15.6. The Kier molecular flexibility index (Phi) is 4.39. The summed E-state index contributed by atoms with van der Waals surface area (Å²) in [5.41, 5.74) is 6.65. The predicted octanol–water partition coefficient (Wildman–Crippen LogP) is 2.83. The van der Waals surface area contributed by atoms with Gasteiger partial charge in [0.1, 0.15) is 0 Å². The largest absolute Gasteiger partial charge is 0.323 e. The molecule has 0 aromatic heterocycles. The van der Waals surface area contributed by atoms with E-state index in [1.807, 2.05) is 0 Å². The summed E-state index contributed by atoms with van der Waals surface area (Å²) >= 11 is 0. The van der Waals surface area contributed by atoms with Crippen LogP contribution in [0.4, 0.5) is 8.78 Å². The third-order valence-electron chi connectivity index (χ3n) is 3.40. The second kappa shape index (κ2) is 5.91. The van der Waals surface area contributed by atoms with E-state index in [9.17, 15) is 17.2 Å². The predicted molar refractivity (Wildman–Crippen MR) is 76.4 cm³/mol. The number of halogens is 2. The van der Waals surface area contributed by atoms with Gasteiger partial charge in [0.05, 0.1) is 10.1 Å². The zero-order valence-corrected chi connectivity index (χ0v) is 12.1. The second-order valence-corrected chi connectivity index (χ2v) is 7.07. The molecular formula is C15H15F2NO2S. The van der Waals surface area contributed by atoms with Gasteiger partial charge in [-0.25, -0.2) is 17.2 Å². The highest BCUT2D eigenvalue weighted by molar-refractivity contribution is 7.92. The summed E-state index contributed by atoms with van der Waals surface area (Å²) in [6.07, 6.45) is 0. The first-order valence-electron chi connectivity index (χ1n) is 6.33. The lowest BCUT2D eigenvalue weighted by Gasteiger charge is -2.20. The normalized spacial score (nSPS) is 14.7. The van der Waals surface area contributed by atoms with Crippen LogP contribution in [0.25, 0.3) is 0 Å². The zero-order valence-electron chi connectivity index (χ0n) is 11.3. The molecule has 3 nitrogen and oxygen atoms in total. The molecule has 0 heterocycles. The molecule has 2 aromatic carbocycles. The molecule has 0 spiro atoms. The van der Waals surface area contributed by atoms with Gasteiger partial charge in [0.2, 0.25) is 0 Å². The Morgan fingerprint density at radius 1 is 1.00 bits per heavy atom. The molecule has 21 heavy (non-hydrogen) atoms. The van der Waals surface area contributed by atoms with Crippen molar-refractivity contribution in [2.45, 2.75) is 23.1 Å². The summed E-state index contributed by atoms with van der Waals surface area (Å²) in [5, 5.41) is -0.968. The van der Waals surface area contributed by atoms with E-state index >= 15 is 0 Å². The smallest absolute Gasteiger partial charge is 0.182 e. The Balaban J connectivity index is 2.36. The van der Waals surface area contributed by atoms with Crippen molar-refractivity contribution in [3.63, 3.8) is 0 Å². The minimum Gasteiger partial charge on any atom is -0.323 e. The maximum atomic E-state index is 13.2. The molecular weight excluding hydrogens is 296 g/mol. The average molecular weight is 311 g/mol. The first-order valence-corrected chi connectivity index (χ1v) is 7.88. The summed E-state index contributed by atoms with van der Waals surface area (Å²) in [6.45, 7) is 1.45. The summed E-state index contributed by atoms with van der Waals surface area (Å²) in [6, 6.07) is 10.5. The van der Waals surface area contributed by atoms with Gasteiger partial charge in [0.15, 0.2) is 21.5 Å². The molecule has 2 atom stereocenters. The number of rotatable bonds is 4. The molecule has 112 valence electrons. The van der Waals surface area contributed by atoms with E-state index in [0.717, 1.165) is 12.1 Å². The van der Waals surface area contributed by atoms with Gasteiger partial charge in [-0.3, -0.25) is 0 Å². The number of benzene rings is 2. The van der Waals surface area contributed by atoms with Crippen molar-refractivity contribution in [1.29, 1.82) is 0 Å². The van der Waals surface area contributed by atoms with Crippen LogP contribution in [0.2, 0.25) is 0 Å². The van der Waals surface area contributed by atoms with E-state index < -0.39 is 32.8 Å². The molecule has 0 saturated heterocycles. The van der Waals surface area contributed by atoms with Gasteiger partial charge in [0, 0.05) is 6.04 Å². The van der Waals surface area contributed by atoms with Crippen LogP contribution in [-0.2, 0) is 9.84 Å². The topological polar surface area (TPSA) is 60.2 Å². The van der Waals surface area contributed by atoms with E-state index in [1.165, 1.54) is 6.92 Å². The molecule has 2 unspecified atom stereocenters. The van der Waals surface area contributed by atoms with Crippen molar-refractivity contribution >= 4 is 9.84 Å². The van der Waals surface area contributed by atoms with E-state index in [0.29, 0.717) is 11.6 Å². The SMILES string of the molecule is CC(C(N)c1ccccc1)S(=O)(=O)c1ccc(F)c(F)c1. The fourth-order valence-electron chi connectivity index (χ4n) is 2.01. The van der Waals surface area contributed by atoms with Gasteiger partial charge in [-0.05, 0) is 30.7 Å². The Labute approximate surface area is 122 Å². The highest BCUT2D eigenvalue weighted by atomic mass is 32.2. The molecule has 0 bridgehead atoms. The van der Waals surface area contributed by atoms with Crippen molar-refractivity contribution in [1.82, 2.24) is 0 Å². The van der Waals surface area contributed by atoms with Crippen LogP contribution in [0, 0.1) is 11.6 Å². The molecule has 0 saturated carbocycles. The maximum absolute atomic E-state index is 13.2. The van der Waals surface area contributed by atoms with Crippen LogP contribution < -0.4 is 5.73 Å². The number of sulfone groups is 1. The molecule has 2 N–H and O–H groups in total. The lowest BCUT2D eigenvalue weighted by Crippen LogP contribution is -2.31. The van der Waals surface area contributed by atoms with Gasteiger partial charge in [-0.1, -0.05) is 30.3 Å². The summed E-state index contributed by atoms with van der Waals surface area (Å²) < 4.78 is 51.0. The van der Waals surface area contributed by atoms with E-state index in [-0.39, 0.29) is 4.90 Å². The fourth-order valence-corrected chi connectivity index (χ4v) is 3.51. The van der Waals surface area contributed by atoms with E-state index in [2.05, 4.69) is 0 Å². The molecule has 0 aliphatic rings. The minimum atomic E-state index is -3.86. The lowest BCUT2D eigenvalue weighted by molar-refractivity contribution is 0.503. The van der Waals surface area contributed by atoms with Gasteiger partial charge in [-0.2, -0.15) is 0 Å². The summed E-state index contributed by atoms with van der Waals surface area (Å²) in [4.78, 5) is -0.278. The average Bonchev–Trinajstić information content (AvgIpc) is 2.49. The van der Waals surface area contributed by atoms with E-state index in [1.54, 1.807) is 30.3 Å². The van der Waals surface area contributed by atoms with Crippen LogP contribution in [0.5, 0.6) is 0 Å². The van der Waals surface area contributed by atoms with Crippen molar-refractivity contribution in [3.05, 3.63) is 65.7 Å². The maximum Gasteiger partial charge on any atom is 0.182 e. The van der Waals surface area contributed by atoms with E-state index in [4.69, 9.17) is 5.73 Å². The highest BCUT2D eigenvalue weighted by Gasteiger charge is 2.30. The quantitative estimate of drug-likeness (QED) is 0.883. The van der Waals surface area contributed by atoms with Gasteiger partial charge in [-0.15, -0.1) is 0 Å². The van der Waals surface area contributed by atoms with Crippen LogP contribution in [0.1, 0.15) is 18.5 Å².